The minimum absolute atomic E-state index is 0.192. The van der Waals surface area contributed by atoms with Gasteiger partial charge in [0.15, 0.2) is 11.0 Å². The molecule has 21 heavy (non-hydrogen) atoms. The predicted molar refractivity (Wildman–Crippen MR) is 83.1 cm³/mol. The molecule has 1 saturated heterocycles. The highest BCUT2D eigenvalue weighted by Gasteiger charge is 2.23. The molecule has 1 fully saturated rings. The van der Waals surface area contributed by atoms with Gasteiger partial charge >= 0.3 is 0 Å². The van der Waals surface area contributed by atoms with E-state index in [0.717, 1.165) is 5.56 Å². The summed E-state index contributed by atoms with van der Waals surface area (Å²) >= 11 is 1.26. The number of benzene rings is 1. The first-order valence-corrected chi connectivity index (χ1v) is 7.02. The third-order valence-corrected chi connectivity index (χ3v) is 3.62. The molecule has 1 aromatic carbocycles. The number of rotatable bonds is 2. The summed E-state index contributed by atoms with van der Waals surface area (Å²) < 4.78 is 0. The van der Waals surface area contributed by atoms with Crippen LogP contribution in [0.25, 0.3) is 6.08 Å². The minimum Gasteiger partial charge on any atom is -0.508 e. The molecule has 5 nitrogen and oxygen atoms in total. The van der Waals surface area contributed by atoms with Crippen LogP contribution >= 0.6 is 11.8 Å². The second kappa shape index (κ2) is 5.80. The zero-order valence-corrected chi connectivity index (χ0v) is 11.7. The minimum atomic E-state index is -0.192. The Balaban J connectivity index is 1.82. The summed E-state index contributed by atoms with van der Waals surface area (Å²) in [5.74, 6) is 0.548. The number of hydrogen-bond donors (Lipinski definition) is 2. The largest absolute Gasteiger partial charge is 0.508 e. The van der Waals surface area contributed by atoms with Crippen LogP contribution in [0.4, 0.5) is 5.82 Å². The van der Waals surface area contributed by atoms with E-state index in [1.807, 2.05) is 6.07 Å². The number of nitrogens with one attached hydrogen (secondary N) is 1. The second-order valence-corrected chi connectivity index (χ2v) is 5.29. The highest BCUT2D eigenvalue weighted by Crippen LogP contribution is 2.27. The maximum Gasteiger partial charge on any atom is 0.264 e. The summed E-state index contributed by atoms with van der Waals surface area (Å²) in [5, 5.41) is 12.4. The summed E-state index contributed by atoms with van der Waals surface area (Å²) in [5.41, 5.74) is 0.838. The topological polar surface area (TPSA) is 74.6 Å². The van der Waals surface area contributed by atoms with E-state index in [-0.39, 0.29) is 11.7 Å². The van der Waals surface area contributed by atoms with E-state index in [1.165, 1.54) is 11.8 Å². The lowest BCUT2D eigenvalue weighted by Crippen LogP contribution is -2.19. The Morgan fingerprint density at radius 3 is 2.71 bits per heavy atom. The van der Waals surface area contributed by atoms with Crippen LogP contribution in [0, 0.1) is 0 Å². The Bertz CT molecular complexity index is 724. The van der Waals surface area contributed by atoms with Crippen molar-refractivity contribution in [3.05, 3.63) is 59.1 Å². The number of hydrogen-bond acceptors (Lipinski definition) is 5. The van der Waals surface area contributed by atoms with Crippen molar-refractivity contribution in [2.24, 2.45) is 4.99 Å². The molecular formula is C15H11N3O2S. The van der Waals surface area contributed by atoms with Crippen LogP contribution in [0.2, 0.25) is 0 Å². The standard InChI is InChI=1S/C15H11N3O2S/c19-11-6-4-10(5-7-11)9-12-14(20)18-15(21-12)17-13-3-1-2-8-16-13/h1-9,19H,(H,16,17,18,20)/b12-9+. The van der Waals surface area contributed by atoms with Gasteiger partial charge in [-0.25, -0.2) is 9.98 Å². The Morgan fingerprint density at radius 2 is 2.00 bits per heavy atom. The molecule has 1 aliphatic rings. The Hall–Kier alpha value is -2.60. The fourth-order valence-corrected chi connectivity index (χ4v) is 2.56. The van der Waals surface area contributed by atoms with Gasteiger partial charge in [-0.15, -0.1) is 0 Å². The molecular weight excluding hydrogens is 286 g/mol. The number of carbonyl (C=O) groups excluding carboxylic acids is 1. The molecule has 6 heteroatoms. The molecule has 1 aliphatic heterocycles. The monoisotopic (exact) mass is 297 g/mol. The first-order valence-electron chi connectivity index (χ1n) is 6.20. The lowest BCUT2D eigenvalue weighted by Gasteiger charge is -1.95. The molecule has 2 heterocycles. The molecule has 0 bridgehead atoms. The molecule has 0 atom stereocenters. The molecule has 0 saturated carbocycles. The number of amides is 1. The number of thioether (sulfide) groups is 1. The van der Waals surface area contributed by atoms with E-state index in [9.17, 15) is 9.90 Å². The summed E-state index contributed by atoms with van der Waals surface area (Å²) in [4.78, 5) is 20.8. The Morgan fingerprint density at radius 1 is 1.19 bits per heavy atom. The number of aromatic nitrogens is 1. The van der Waals surface area contributed by atoms with E-state index >= 15 is 0 Å². The van der Waals surface area contributed by atoms with E-state index in [2.05, 4.69) is 15.3 Å². The molecule has 0 spiro atoms. The zero-order chi connectivity index (χ0) is 14.7. The van der Waals surface area contributed by atoms with Gasteiger partial charge < -0.3 is 10.4 Å². The van der Waals surface area contributed by atoms with Gasteiger partial charge in [-0.3, -0.25) is 4.79 Å². The van der Waals surface area contributed by atoms with Crippen molar-refractivity contribution in [3.8, 4) is 5.75 Å². The molecule has 1 amide bonds. The third-order valence-electron chi connectivity index (χ3n) is 2.71. The average molecular weight is 297 g/mol. The molecule has 0 unspecified atom stereocenters. The summed E-state index contributed by atoms with van der Waals surface area (Å²) in [7, 11) is 0. The zero-order valence-electron chi connectivity index (χ0n) is 10.9. The van der Waals surface area contributed by atoms with Crippen LogP contribution < -0.4 is 5.32 Å². The third kappa shape index (κ3) is 3.29. The lowest BCUT2D eigenvalue weighted by molar-refractivity contribution is -0.115. The van der Waals surface area contributed by atoms with Crippen molar-refractivity contribution < 1.29 is 9.90 Å². The van der Waals surface area contributed by atoms with E-state index in [4.69, 9.17) is 0 Å². The van der Waals surface area contributed by atoms with Crippen molar-refractivity contribution in [1.82, 2.24) is 10.3 Å². The first kappa shape index (κ1) is 13.4. The molecule has 2 aromatic rings. The molecule has 1 aromatic heterocycles. The predicted octanol–water partition coefficient (Wildman–Crippen LogP) is 2.68. The van der Waals surface area contributed by atoms with Gasteiger partial charge in [0.25, 0.3) is 5.91 Å². The normalized spacial score (nSPS) is 18.2. The fourth-order valence-electron chi connectivity index (χ4n) is 1.73. The van der Waals surface area contributed by atoms with Crippen LogP contribution in [0.5, 0.6) is 5.75 Å². The van der Waals surface area contributed by atoms with Crippen molar-refractivity contribution >= 4 is 34.7 Å². The van der Waals surface area contributed by atoms with Gasteiger partial charge in [-0.1, -0.05) is 18.2 Å². The van der Waals surface area contributed by atoms with Gasteiger partial charge in [-0.2, -0.15) is 0 Å². The van der Waals surface area contributed by atoms with Gasteiger partial charge in [0.1, 0.15) is 5.75 Å². The highest BCUT2D eigenvalue weighted by atomic mass is 32.2. The second-order valence-electron chi connectivity index (χ2n) is 4.26. The van der Waals surface area contributed by atoms with Crippen LogP contribution in [0.1, 0.15) is 5.56 Å². The van der Waals surface area contributed by atoms with Crippen molar-refractivity contribution in [1.29, 1.82) is 0 Å². The number of aromatic hydroxyl groups is 1. The number of phenolic OH excluding ortho intramolecular Hbond substituents is 1. The molecule has 0 aliphatic carbocycles. The number of nitrogens with zero attached hydrogens (tertiary/aromatic N) is 2. The van der Waals surface area contributed by atoms with Gasteiger partial charge in [-0.05, 0) is 47.7 Å². The Kier molecular flexibility index (Phi) is 3.70. The number of aliphatic imine (C=N–C) groups is 1. The van der Waals surface area contributed by atoms with E-state index in [0.29, 0.717) is 15.9 Å². The van der Waals surface area contributed by atoms with Crippen molar-refractivity contribution in [3.63, 3.8) is 0 Å². The fraction of sp³-hybridized carbons (Fsp3) is 0. The lowest BCUT2D eigenvalue weighted by atomic mass is 10.2. The quantitative estimate of drug-likeness (QED) is 0.836. The van der Waals surface area contributed by atoms with Crippen LogP contribution in [0.15, 0.2) is 58.6 Å². The first-order chi connectivity index (χ1) is 10.2. The van der Waals surface area contributed by atoms with Gasteiger partial charge in [0.05, 0.1) is 4.91 Å². The maximum absolute atomic E-state index is 11.9. The molecule has 3 rings (SSSR count). The highest BCUT2D eigenvalue weighted by molar-refractivity contribution is 8.18. The van der Waals surface area contributed by atoms with Gasteiger partial charge in [0.2, 0.25) is 0 Å². The van der Waals surface area contributed by atoms with E-state index in [1.54, 1.807) is 48.7 Å². The van der Waals surface area contributed by atoms with E-state index < -0.39 is 0 Å². The summed E-state index contributed by atoms with van der Waals surface area (Å²) in [6, 6.07) is 12.0. The van der Waals surface area contributed by atoms with Crippen LogP contribution in [-0.4, -0.2) is 21.2 Å². The summed E-state index contributed by atoms with van der Waals surface area (Å²) in [6.07, 6.45) is 3.40. The van der Waals surface area contributed by atoms with Gasteiger partial charge in [0, 0.05) is 6.20 Å². The van der Waals surface area contributed by atoms with Crippen molar-refractivity contribution in [2.75, 3.05) is 0 Å². The summed E-state index contributed by atoms with van der Waals surface area (Å²) in [6.45, 7) is 0. The molecule has 104 valence electrons. The Labute approximate surface area is 125 Å². The molecule has 0 radical (unpaired) electrons. The number of carbonyl (C=O) groups is 1. The number of pyridine rings is 1. The average Bonchev–Trinajstić information content (AvgIpc) is 2.82. The van der Waals surface area contributed by atoms with Crippen LogP contribution in [-0.2, 0) is 4.79 Å². The van der Waals surface area contributed by atoms with Crippen LogP contribution in [0.3, 0.4) is 0 Å². The molecule has 2 N–H and O–H groups in total. The SMILES string of the molecule is O=C1N/C(=N\c2ccccn2)S/C1=C/c1ccc(O)cc1. The smallest absolute Gasteiger partial charge is 0.264 e. The number of amidine groups is 1. The number of phenols is 1. The maximum atomic E-state index is 11.9. The van der Waals surface area contributed by atoms with Crippen molar-refractivity contribution in [2.45, 2.75) is 0 Å².